The lowest BCUT2D eigenvalue weighted by Crippen LogP contribution is -2.82. The number of carbonyl (C=O) groups is 7. The highest BCUT2D eigenvalue weighted by atomic mass is 79.9. The first-order chi connectivity index (χ1) is 32.7. The Balaban J connectivity index is 1.42. The number of unbranched alkanes of at least 4 members (excludes halogenated alkanes) is 1. The van der Waals surface area contributed by atoms with Crippen molar-refractivity contribution in [1.29, 1.82) is 0 Å². The summed E-state index contributed by atoms with van der Waals surface area (Å²) in [6.07, 6.45) is -9.61. The number of hydrogen-bond donors (Lipinski definition) is 3. The van der Waals surface area contributed by atoms with E-state index in [0.29, 0.717) is 23.7 Å². The van der Waals surface area contributed by atoms with E-state index in [9.17, 15) is 34.2 Å². The zero-order valence-electron chi connectivity index (χ0n) is 39.3. The number of rotatable bonds is 15. The van der Waals surface area contributed by atoms with Crippen LogP contribution in [0.1, 0.15) is 106 Å². The summed E-state index contributed by atoms with van der Waals surface area (Å²) in [6.45, 7) is 7.97. The molecule has 0 spiro atoms. The number of ketones is 1. The number of Topliss-reactive ketones (excluding diaryl/α,β-unsaturated/α-hetero) is 1. The molecule has 17 heteroatoms. The molecule has 0 radical (unpaired) electrons. The van der Waals surface area contributed by atoms with Crippen LogP contribution in [-0.4, -0.2) is 112 Å². The number of alkyl halides is 1. The molecule has 1 aliphatic heterocycles. The summed E-state index contributed by atoms with van der Waals surface area (Å²) >= 11 is 3.36. The van der Waals surface area contributed by atoms with Gasteiger partial charge in [0.2, 0.25) is 6.10 Å². The number of benzene rings is 3. The van der Waals surface area contributed by atoms with Gasteiger partial charge in [0.25, 0.3) is 5.91 Å². The number of ether oxygens (including phenoxy) is 6. The second kappa shape index (κ2) is 20.3. The molecule has 3 aromatic carbocycles. The maximum absolute atomic E-state index is 15.7. The fraction of sp³-hybridized carbons (Fsp3) is 0.481. The molecule has 1 heterocycles. The third-order valence-corrected chi connectivity index (χ3v) is 15.0. The number of esters is 5. The lowest BCUT2D eigenvalue weighted by molar-refractivity contribution is -0.346. The molecular weight excluding hydrogens is 958 g/mol. The first-order valence-corrected chi connectivity index (χ1v) is 24.1. The van der Waals surface area contributed by atoms with Crippen molar-refractivity contribution in [2.24, 2.45) is 16.7 Å². The summed E-state index contributed by atoms with van der Waals surface area (Å²) in [5, 5.41) is 29.6. The van der Waals surface area contributed by atoms with Gasteiger partial charge in [-0.2, -0.15) is 0 Å². The van der Waals surface area contributed by atoms with Gasteiger partial charge in [0.15, 0.2) is 17.5 Å². The predicted octanol–water partition coefficient (Wildman–Crippen LogP) is 5.85. The van der Waals surface area contributed by atoms with Gasteiger partial charge in [-0.15, -0.1) is 0 Å². The largest absolute Gasteiger partial charge is 0.455 e. The molecule has 1 amide bonds. The van der Waals surface area contributed by atoms with Crippen LogP contribution in [0.4, 0.5) is 0 Å². The minimum absolute atomic E-state index is 0.0179. The number of carbonyl (C=O) groups excluding carboxylic acids is 7. The van der Waals surface area contributed by atoms with Crippen LogP contribution in [-0.2, 0) is 52.4 Å². The molecule has 4 aliphatic rings. The molecule has 1 saturated heterocycles. The lowest BCUT2D eigenvalue weighted by atomic mass is 9.44. The van der Waals surface area contributed by atoms with Crippen molar-refractivity contribution in [2.45, 2.75) is 128 Å². The summed E-state index contributed by atoms with van der Waals surface area (Å²) < 4.78 is 36.8. The van der Waals surface area contributed by atoms with Crippen LogP contribution in [0.3, 0.4) is 0 Å². The van der Waals surface area contributed by atoms with Crippen LogP contribution < -0.4 is 5.32 Å². The van der Waals surface area contributed by atoms with Crippen LogP contribution >= 0.6 is 15.9 Å². The molecule has 368 valence electrons. The van der Waals surface area contributed by atoms with Gasteiger partial charge in [0.05, 0.1) is 29.6 Å². The van der Waals surface area contributed by atoms with E-state index in [1.165, 1.54) is 26.0 Å². The normalized spacial score (nSPS) is 29.7. The van der Waals surface area contributed by atoms with Crippen LogP contribution in [0.15, 0.2) is 102 Å². The minimum atomic E-state index is -2.44. The van der Waals surface area contributed by atoms with E-state index in [-0.39, 0.29) is 41.7 Å². The van der Waals surface area contributed by atoms with Gasteiger partial charge in [0, 0.05) is 49.4 Å². The minimum Gasteiger partial charge on any atom is -0.455 e. The quantitative estimate of drug-likeness (QED) is 0.0534. The SMILES string of the molecule is CC(=O)O[C@H]1C(=O)[C@@]2(C)[C@H]([C@H](OC(=O)c3ccccc3)[C@]3(O)C[C@H](OC(=O)[C@H](OC(=O)CCCCBr)[C@@H](NC(=O)c4ccccc4)c4ccccc4)C(C)=C1C3(C)C)[C@]1(OC(C)=O)CO[C@@H]1C[C@@H]2O. The van der Waals surface area contributed by atoms with E-state index in [0.717, 1.165) is 13.8 Å². The van der Waals surface area contributed by atoms with Crippen LogP contribution in [0, 0.1) is 16.7 Å². The molecule has 2 saturated carbocycles. The molecular formula is C52H58BrNO15. The van der Waals surface area contributed by atoms with Crippen LogP contribution in [0.5, 0.6) is 0 Å². The second-order valence-electron chi connectivity index (χ2n) is 19.0. The number of fused-ring (bicyclic) bond motifs is 5. The van der Waals surface area contributed by atoms with E-state index in [1.54, 1.807) is 92.7 Å². The van der Waals surface area contributed by atoms with E-state index in [2.05, 4.69) is 21.2 Å². The van der Waals surface area contributed by atoms with Crippen molar-refractivity contribution >= 4 is 57.5 Å². The van der Waals surface area contributed by atoms with Crippen molar-refractivity contribution in [2.75, 3.05) is 11.9 Å². The number of amides is 1. The molecule has 11 atom stereocenters. The molecule has 2 bridgehead atoms. The zero-order valence-corrected chi connectivity index (χ0v) is 40.9. The van der Waals surface area contributed by atoms with Gasteiger partial charge in [-0.1, -0.05) is 96.5 Å². The van der Waals surface area contributed by atoms with Gasteiger partial charge in [-0.25, -0.2) is 9.59 Å². The fourth-order valence-corrected chi connectivity index (χ4v) is 11.2. The number of aliphatic hydroxyl groups is 2. The maximum atomic E-state index is 15.7. The first-order valence-electron chi connectivity index (χ1n) is 23.0. The van der Waals surface area contributed by atoms with Crippen molar-refractivity contribution < 1.29 is 72.2 Å². The Morgan fingerprint density at radius 2 is 1.45 bits per heavy atom. The van der Waals surface area contributed by atoms with Crippen molar-refractivity contribution in [3.05, 3.63) is 119 Å². The smallest absolute Gasteiger partial charge is 0.350 e. The summed E-state index contributed by atoms with van der Waals surface area (Å²) in [5.41, 5.74) is -7.21. The maximum Gasteiger partial charge on any atom is 0.350 e. The van der Waals surface area contributed by atoms with Gasteiger partial charge < -0.3 is 44.0 Å². The highest BCUT2D eigenvalue weighted by molar-refractivity contribution is 9.09. The summed E-state index contributed by atoms with van der Waals surface area (Å²) in [6, 6.07) is 23.1. The Hall–Kier alpha value is -5.75. The molecule has 0 aromatic heterocycles. The first kappa shape index (κ1) is 51.1. The highest BCUT2D eigenvalue weighted by Gasteiger charge is 2.78. The predicted molar refractivity (Wildman–Crippen MR) is 249 cm³/mol. The molecule has 69 heavy (non-hydrogen) atoms. The third-order valence-electron chi connectivity index (χ3n) is 14.5. The zero-order chi connectivity index (χ0) is 50.1. The molecule has 3 aliphatic carbocycles. The molecule has 0 unspecified atom stereocenters. The topological polar surface area (TPSA) is 227 Å². The van der Waals surface area contributed by atoms with Crippen LogP contribution in [0.25, 0.3) is 0 Å². The van der Waals surface area contributed by atoms with Crippen LogP contribution in [0.2, 0.25) is 0 Å². The molecule has 3 aromatic rings. The average molecular weight is 1020 g/mol. The van der Waals surface area contributed by atoms with E-state index in [1.807, 2.05) is 0 Å². The average Bonchev–Trinajstić information content (AvgIpc) is 3.31. The highest BCUT2D eigenvalue weighted by Crippen LogP contribution is 2.64. The fourth-order valence-electron chi connectivity index (χ4n) is 10.8. The lowest BCUT2D eigenvalue weighted by Gasteiger charge is -2.67. The Morgan fingerprint density at radius 1 is 0.841 bits per heavy atom. The Labute approximate surface area is 408 Å². The molecule has 3 fully saturated rings. The van der Waals surface area contributed by atoms with Crippen molar-refractivity contribution in [1.82, 2.24) is 5.32 Å². The van der Waals surface area contributed by atoms with Gasteiger partial charge >= 0.3 is 29.8 Å². The van der Waals surface area contributed by atoms with E-state index in [4.69, 9.17) is 28.4 Å². The Morgan fingerprint density at radius 3 is 2.01 bits per heavy atom. The summed E-state index contributed by atoms with van der Waals surface area (Å²) in [4.78, 5) is 99.1. The number of halogens is 1. The second-order valence-corrected chi connectivity index (χ2v) is 19.8. The van der Waals surface area contributed by atoms with Gasteiger partial charge in [-0.3, -0.25) is 24.0 Å². The summed E-state index contributed by atoms with van der Waals surface area (Å²) in [7, 11) is 0. The van der Waals surface area contributed by atoms with Crippen molar-refractivity contribution in [3.8, 4) is 0 Å². The Kier molecular flexibility index (Phi) is 15.0. The molecule has 16 nitrogen and oxygen atoms in total. The Bertz CT molecular complexity index is 2480. The van der Waals surface area contributed by atoms with Crippen molar-refractivity contribution in [3.63, 3.8) is 0 Å². The van der Waals surface area contributed by atoms with Gasteiger partial charge in [0.1, 0.15) is 30.0 Å². The number of hydrogen-bond acceptors (Lipinski definition) is 15. The standard InChI is InChI=1S/C52H58BrNO15/c1-29-35(66-48(62)42(67-38(58)24-16-17-25-53)40(32-18-10-7-11-19-32)54-46(60)33-20-12-8-13-21-33)27-52(63)45(68-47(61)34-22-14-9-15-23-34)43-50(6,36(57)26-37-51(43,28-64-37)69-31(3)56)44(59)41(65-30(2)55)39(29)49(52,4)5/h7-15,18-23,35-37,40-43,45,57,63H,16-17,24-28H2,1-6H3,(H,54,60)/t35-,36-,37+,40-,41+,42+,43-,45-,50+,51-,52+/m0/s1. The van der Waals surface area contributed by atoms with Gasteiger partial charge in [-0.05, 0) is 67.7 Å². The summed E-state index contributed by atoms with van der Waals surface area (Å²) in [5.74, 6) is -7.63. The number of nitrogens with one attached hydrogen (secondary N) is 1. The van der Waals surface area contributed by atoms with E-state index < -0.39 is 119 Å². The number of aliphatic hydroxyl groups excluding tert-OH is 1. The monoisotopic (exact) mass is 1020 g/mol. The third kappa shape index (κ3) is 9.50. The molecule has 3 N–H and O–H groups in total. The van der Waals surface area contributed by atoms with E-state index >= 15 is 9.59 Å². The molecule has 7 rings (SSSR count).